The van der Waals surface area contributed by atoms with Gasteiger partial charge in [-0.15, -0.1) is 0 Å². The highest BCUT2D eigenvalue weighted by molar-refractivity contribution is 5.67. The number of nitrogens with zero attached hydrogens (tertiary/aromatic N) is 1. The number of ether oxygens (including phenoxy) is 2. The molecule has 5 heteroatoms. The predicted molar refractivity (Wildman–Crippen MR) is 104 cm³/mol. The largest absolute Gasteiger partial charge is 0.485 e. The average Bonchev–Trinajstić information content (AvgIpc) is 2.59. The van der Waals surface area contributed by atoms with E-state index in [0.717, 1.165) is 11.1 Å². The Labute approximate surface area is 160 Å². The van der Waals surface area contributed by atoms with E-state index in [-0.39, 0.29) is 18.0 Å². The first kappa shape index (κ1) is 20.7. The third-order valence-electron chi connectivity index (χ3n) is 4.01. The highest BCUT2D eigenvalue weighted by Crippen LogP contribution is 2.28. The first-order chi connectivity index (χ1) is 12.7. The molecule has 2 aromatic rings. The Morgan fingerprint density at radius 2 is 1.81 bits per heavy atom. The van der Waals surface area contributed by atoms with Gasteiger partial charge in [-0.1, -0.05) is 30.3 Å². The molecule has 0 aliphatic heterocycles. The van der Waals surface area contributed by atoms with E-state index in [1.807, 2.05) is 58.0 Å². The van der Waals surface area contributed by atoms with E-state index in [1.54, 1.807) is 18.0 Å². The molecule has 1 atom stereocenters. The van der Waals surface area contributed by atoms with E-state index < -0.39 is 5.60 Å². The van der Waals surface area contributed by atoms with Crippen molar-refractivity contribution in [3.05, 3.63) is 65.5 Å². The maximum atomic E-state index is 13.4. The molecule has 4 nitrogen and oxygen atoms in total. The van der Waals surface area contributed by atoms with Crippen LogP contribution in [0.5, 0.6) is 5.75 Å². The quantitative estimate of drug-likeness (QED) is 0.670. The van der Waals surface area contributed by atoms with E-state index in [4.69, 9.17) is 9.47 Å². The van der Waals surface area contributed by atoms with Crippen molar-refractivity contribution in [1.82, 2.24) is 4.90 Å². The third kappa shape index (κ3) is 6.59. The molecular weight excluding hydrogens is 345 g/mol. The summed E-state index contributed by atoms with van der Waals surface area (Å²) in [6.45, 7) is 7.80. The molecule has 0 aliphatic rings. The monoisotopic (exact) mass is 373 g/mol. The zero-order chi connectivity index (χ0) is 20.0. The van der Waals surface area contributed by atoms with Gasteiger partial charge in [0.1, 0.15) is 23.3 Å². The summed E-state index contributed by atoms with van der Waals surface area (Å²) < 4.78 is 24.9. The number of benzene rings is 2. The van der Waals surface area contributed by atoms with Crippen LogP contribution < -0.4 is 4.74 Å². The summed E-state index contributed by atoms with van der Waals surface area (Å²) in [6.07, 6.45) is -0.0520. The van der Waals surface area contributed by atoms with Crippen LogP contribution in [-0.4, -0.2) is 30.2 Å². The van der Waals surface area contributed by atoms with Gasteiger partial charge in [0.2, 0.25) is 0 Å². The maximum absolute atomic E-state index is 13.4. The van der Waals surface area contributed by atoms with Gasteiger partial charge in [-0.3, -0.25) is 0 Å². The standard InChI is InChI=1S/C22H28FNO3/c1-16-15-18(23)11-12-19(16)26-20(17-9-7-6-8-10-17)13-14-24(5)21(25)27-22(2,3)4/h6-12,15,20H,13-14H2,1-5H3/t20-/m1/s1. The highest BCUT2D eigenvalue weighted by Gasteiger charge is 2.22. The molecule has 0 spiro atoms. The molecule has 0 heterocycles. The second-order valence-corrected chi connectivity index (χ2v) is 7.62. The Kier molecular flexibility index (Phi) is 6.83. The van der Waals surface area contributed by atoms with Gasteiger partial charge in [0.15, 0.2) is 0 Å². The predicted octanol–water partition coefficient (Wildman–Crippen LogP) is 5.51. The summed E-state index contributed by atoms with van der Waals surface area (Å²) in [4.78, 5) is 13.7. The number of aryl methyl sites for hydroxylation is 1. The van der Waals surface area contributed by atoms with Gasteiger partial charge in [-0.05, 0) is 57.0 Å². The topological polar surface area (TPSA) is 38.8 Å². The van der Waals surface area contributed by atoms with Gasteiger partial charge in [0.25, 0.3) is 0 Å². The maximum Gasteiger partial charge on any atom is 0.410 e. The first-order valence-electron chi connectivity index (χ1n) is 9.07. The van der Waals surface area contributed by atoms with Crippen molar-refractivity contribution in [2.45, 2.75) is 45.8 Å². The minimum Gasteiger partial charge on any atom is -0.485 e. The molecule has 27 heavy (non-hydrogen) atoms. The number of hydrogen-bond acceptors (Lipinski definition) is 3. The van der Waals surface area contributed by atoms with Crippen LogP contribution in [0.2, 0.25) is 0 Å². The Morgan fingerprint density at radius 1 is 1.15 bits per heavy atom. The van der Waals surface area contributed by atoms with Gasteiger partial charge in [-0.2, -0.15) is 0 Å². The van der Waals surface area contributed by atoms with E-state index in [0.29, 0.717) is 18.7 Å². The average molecular weight is 373 g/mol. The lowest BCUT2D eigenvalue weighted by atomic mass is 10.1. The zero-order valence-corrected chi connectivity index (χ0v) is 16.7. The molecule has 2 aromatic carbocycles. The summed E-state index contributed by atoms with van der Waals surface area (Å²) >= 11 is 0. The molecule has 0 radical (unpaired) electrons. The van der Waals surface area contributed by atoms with Crippen molar-refractivity contribution in [2.24, 2.45) is 0 Å². The Balaban J connectivity index is 2.10. The molecular formula is C22H28FNO3. The number of amides is 1. The number of rotatable bonds is 6. The van der Waals surface area contributed by atoms with E-state index in [2.05, 4.69) is 0 Å². The van der Waals surface area contributed by atoms with Crippen LogP contribution in [0.25, 0.3) is 0 Å². The fourth-order valence-corrected chi connectivity index (χ4v) is 2.60. The smallest absolute Gasteiger partial charge is 0.410 e. The molecule has 0 saturated carbocycles. The molecule has 0 saturated heterocycles. The van der Waals surface area contributed by atoms with Crippen molar-refractivity contribution >= 4 is 6.09 Å². The first-order valence-corrected chi connectivity index (χ1v) is 9.07. The van der Waals surface area contributed by atoms with Crippen LogP contribution in [0.1, 0.15) is 44.4 Å². The molecule has 146 valence electrons. The molecule has 2 rings (SSSR count). The molecule has 0 aliphatic carbocycles. The Hall–Kier alpha value is -2.56. The SMILES string of the molecule is Cc1cc(F)ccc1O[C@H](CCN(C)C(=O)OC(C)(C)C)c1ccccc1. The van der Waals surface area contributed by atoms with Crippen molar-refractivity contribution < 1.29 is 18.7 Å². The Morgan fingerprint density at radius 3 is 2.41 bits per heavy atom. The second-order valence-electron chi connectivity index (χ2n) is 7.62. The van der Waals surface area contributed by atoms with E-state index in [1.165, 1.54) is 12.1 Å². The lowest BCUT2D eigenvalue weighted by molar-refractivity contribution is 0.0278. The van der Waals surface area contributed by atoms with Crippen molar-refractivity contribution in [3.8, 4) is 5.75 Å². The van der Waals surface area contributed by atoms with Gasteiger partial charge >= 0.3 is 6.09 Å². The van der Waals surface area contributed by atoms with Gasteiger partial charge in [-0.25, -0.2) is 9.18 Å². The normalized spacial score (nSPS) is 12.4. The van der Waals surface area contributed by atoms with Crippen LogP contribution in [0, 0.1) is 12.7 Å². The van der Waals surface area contributed by atoms with E-state index in [9.17, 15) is 9.18 Å². The van der Waals surface area contributed by atoms with E-state index >= 15 is 0 Å². The van der Waals surface area contributed by atoms with Crippen LogP contribution >= 0.6 is 0 Å². The number of carbonyl (C=O) groups is 1. The molecule has 0 bridgehead atoms. The lowest BCUT2D eigenvalue weighted by Crippen LogP contribution is -2.35. The van der Waals surface area contributed by atoms with Crippen LogP contribution in [0.3, 0.4) is 0 Å². The summed E-state index contributed by atoms with van der Waals surface area (Å²) in [5, 5.41) is 0. The highest BCUT2D eigenvalue weighted by atomic mass is 19.1. The van der Waals surface area contributed by atoms with Crippen LogP contribution in [0.15, 0.2) is 48.5 Å². The summed E-state index contributed by atoms with van der Waals surface area (Å²) in [5.74, 6) is 0.339. The zero-order valence-electron chi connectivity index (χ0n) is 16.7. The number of hydrogen-bond donors (Lipinski definition) is 0. The van der Waals surface area contributed by atoms with Crippen LogP contribution in [0.4, 0.5) is 9.18 Å². The van der Waals surface area contributed by atoms with Gasteiger partial charge in [0, 0.05) is 20.0 Å². The van der Waals surface area contributed by atoms with Crippen molar-refractivity contribution in [2.75, 3.05) is 13.6 Å². The lowest BCUT2D eigenvalue weighted by Gasteiger charge is -2.27. The third-order valence-corrected chi connectivity index (χ3v) is 4.01. The summed E-state index contributed by atoms with van der Waals surface area (Å²) in [5.41, 5.74) is 1.20. The molecule has 0 N–H and O–H groups in total. The summed E-state index contributed by atoms with van der Waals surface area (Å²) in [7, 11) is 1.71. The summed E-state index contributed by atoms with van der Waals surface area (Å²) in [6, 6.07) is 14.3. The van der Waals surface area contributed by atoms with Crippen molar-refractivity contribution in [1.29, 1.82) is 0 Å². The van der Waals surface area contributed by atoms with Crippen LogP contribution in [-0.2, 0) is 4.74 Å². The fraction of sp³-hybridized carbons (Fsp3) is 0.409. The fourth-order valence-electron chi connectivity index (χ4n) is 2.60. The number of halogens is 1. The molecule has 0 unspecified atom stereocenters. The Bertz CT molecular complexity index is 756. The minimum absolute atomic E-state index is 0.264. The van der Waals surface area contributed by atoms with Gasteiger partial charge in [0.05, 0.1) is 0 Å². The van der Waals surface area contributed by atoms with Crippen molar-refractivity contribution in [3.63, 3.8) is 0 Å². The molecule has 0 fully saturated rings. The van der Waals surface area contributed by atoms with Gasteiger partial charge < -0.3 is 14.4 Å². The second kappa shape index (κ2) is 8.89. The molecule has 1 amide bonds. The number of carbonyl (C=O) groups excluding carboxylic acids is 1. The molecule has 0 aromatic heterocycles. The minimum atomic E-state index is -0.536.